The predicted octanol–water partition coefficient (Wildman–Crippen LogP) is -0.499. The second-order valence-electron chi connectivity index (χ2n) is 6.39. The lowest BCUT2D eigenvalue weighted by Gasteiger charge is -2.38. The van der Waals surface area contributed by atoms with Crippen LogP contribution >= 0.6 is 0 Å². The SMILES string of the molecule is Cc1noc(C)c1S(=O)(=O)N1CCN(C(=O)[C@H]2NCCO[C@@H]2C)CC1. The van der Waals surface area contributed by atoms with Crippen molar-refractivity contribution in [2.45, 2.75) is 37.8 Å². The summed E-state index contributed by atoms with van der Waals surface area (Å²) in [5, 5.41) is 6.90. The van der Waals surface area contributed by atoms with Crippen molar-refractivity contribution in [3.05, 3.63) is 11.5 Å². The Labute approximate surface area is 147 Å². The normalized spacial score (nSPS) is 26.0. The van der Waals surface area contributed by atoms with Gasteiger partial charge < -0.3 is 19.5 Å². The number of hydrogen-bond acceptors (Lipinski definition) is 7. The summed E-state index contributed by atoms with van der Waals surface area (Å²) >= 11 is 0. The molecule has 1 N–H and O–H groups in total. The van der Waals surface area contributed by atoms with Gasteiger partial charge in [-0.25, -0.2) is 8.42 Å². The summed E-state index contributed by atoms with van der Waals surface area (Å²) in [4.78, 5) is 14.5. The summed E-state index contributed by atoms with van der Waals surface area (Å²) in [6.07, 6.45) is -0.190. The average molecular weight is 372 g/mol. The number of rotatable bonds is 3. The largest absolute Gasteiger partial charge is 0.375 e. The molecule has 1 amide bonds. The molecule has 0 bridgehead atoms. The van der Waals surface area contributed by atoms with Crippen LogP contribution in [0.5, 0.6) is 0 Å². The average Bonchev–Trinajstić information content (AvgIpc) is 2.94. The van der Waals surface area contributed by atoms with Crippen LogP contribution in [0.15, 0.2) is 9.42 Å². The van der Waals surface area contributed by atoms with Crippen LogP contribution in [-0.4, -0.2) is 80.2 Å². The predicted molar refractivity (Wildman–Crippen MR) is 88.5 cm³/mol. The van der Waals surface area contributed by atoms with Gasteiger partial charge in [-0.1, -0.05) is 5.16 Å². The molecule has 2 aliphatic heterocycles. The molecule has 0 aliphatic carbocycles. The molecule has 2 aliphatic rings. The summed E-state index contributed by atoms with van der Waals surface area (Å²) in [6, 6.07) is -0.375. The number of carbonyl (C=O) groups excluding carboxylic acids is 1. The number of sulfonamides is 1. The number of nitrogens with zero attached hydrogens (tertiary/aromatic N) is 3. The smallest absolute Gasteiger partial charge is 0.248 e. The highest BCUT2D eigenvalue weighted by Crippen LogP contribution is 2.24. The van der Waals surface area contributed by atoms with Gasteiger partial charge in [0.2, 0.25) is 15.9 Å². The summed E-state index contributed by atoms with van der Waals surface area (Å²) < 4.78 is 37.5. The summed E-state index contributed by atoms with van der Waals surface area (Å²) in [7, 11) is -3.67. The Kier molecular flexibility index (Phi) is 5.14. The molecule has 140 valence electrons. The third-order valence-electron chi connectivity index (χ3n) is 4.70. The zero-order chi connectivity index (χ0) is 18.2. The number of hydrogen-bond donors (Lipinski definition) is 1. The molecule has 0 saturated carbocycles. The maximum Gasteiger partial charge on any atom is 0.248 e. The highest BCUT2D eigenvalue weighted by molar-refractivity contribution is 7.89. The van der Waals surface area contributed by atoms with Crippen molar-refractivity contribution in [2.24, 2.45) is 0 Å². The number of piperazine rings is 1. The Morgan fingerprint density at radius 3 is 2.48 bits per heavy atom. The summed E-state index contributed by atoms with van der Waals surface area (Å²) in [5.41, 5.74) is 0.355. The first-order valence-corrected chi connectivity index (χ1v) is 9.83. The van der Waals surface area contributed by atoms with E-state index in [1.165, 1.54) is 4.31 Å². The van der Waals surface area contributed by atoms with Gasteiger partial charge in [0.25, 0.3) is 0 Å². The molecule has 3 heterocycles. The first kappa shape index (κ1) is 18.3. The van der Waals surface area contributed by atoms with E-state index in [1.807, 2.05) is 6.92 Å². The third-order valence-corrected chi connectivity index (χ3v) is 6.84. The highest BCUT2D eigenvalue weighted by Gasteiger charge is 2.37. The molecule has 3 rings (SSSR count). The summed E-state index contributed by atoms with van der Waals surface area (Å²) in [5.74, 6) is 0.245. The Bertz CT molecular complexity index is 720. The fourth-order valence-corrected chi connectivity index (χ4v) is 5.04. The van der Waals surface area contributed by atoms with Crippen molar-refractivity contribution < 1.29 is 22.5 Å². The topological polar surface area (TPSA) is 105 Å². The minimum atomic E-state index is -3.67. The molecule has 0 aromatic carbocycles. The second-order valence-corrected chi connectivity index (χ2v) is 8.27. The van der Waals surface area contributed by atoms with Crippen molar-refractivity contribution in [2.75, 3.05) is 39.3 Å². The Balaban J connectivity index is 1.66. The van der Waals surface area contributed by atoms with Crippen LogP contribution in [0.2, 0.25) is 0 Å². The van der Waals surface area contributed by atoms with Crippen LogP contribution in [-0.2, 0) is 19.6 Å². The van der Waals surface area contributed by atoms with E-state index in [0.717, 1.165) is 0 Å². The molecule has 2 fully saturated rings. The maximum absolute atomic E-state index is 12.8. The van der Waals surface area contributed by atoms with Gasteiger partial charge in [-0.15, -0.1) is 0 Å². The van der Waals surface area contributed by atoms with Crippen LogP contribution in [0, 0.1) is 13.8 Å². The number of ether oxygens (including phenoxy) is 1. The Morgan fingerprint density at radius 2 is 1.92 bits per heavy atom. The van der Waals surface area contributed by atoms with Gasteiger partial charge >= 0.3 is 0 Å². The van der Waals surface area contributed by atoms with Crippen molar-refractivity contribution in [3.8, 4) is 0 Å². The fourth-order valence-electron chi connectivity index (χ4n) is 3.33. The van der Waals surface area contributed by atoms with Crippen LogP contribution in [0.4, 0.5) is 0 Å². The number of nitrogens with one attached hydrogen (secondary N) is 1. The molecule has 2 saturated heterocycles. The van der Waals surface area contributed by atoms with Crippen molar-refractivity contribution in [3.63, 3.8) is 0 Å². The lowest BCUT2D eigenvalue weighted by molar-refractivity contribution is -0.140. The maximum atomic E-state index is 12.8. The molecule has 9 nitrogen and oxygen atoms in total. The monoisotopic (exact) mass is 372 g/mol. The lowest BCUT2D eigenvalue weighted by atomic mass is 10.1. The van der Waals surface area contributed by atoms with E-state index in [9.17, 15) is 13.2 Å². The van der Waals surface area contributed by atoms with Gasteiger partial charge in [0.05, 0.1) is 12.7 Å². The third kappa shape index (κ3) is 3.43. The van der Waals surface area contributed by atoms with Crippen LogP contribution in [0.3, 0.4) is 0 Å². The molecule has 25 heavy (non-hydrogen) atoms. The standard InChI is InChI=1S/C15H24N4O5S/c1-10-14(12(3)24-17-10)25(21,22)19-7-5-18(6-8-19)15(20)13-11(2)23-9-4-16-13/h11,13,16H,4-9H2,1-3H3/t11-,13+/m1/s1. The van der Waals surface area contributed by atoms with Gasteiger partial charge in [0.15, 0.2) is 5.76 Å². The molecular formula is C15H24N4O5S. The molecule has 1 aromatic heterocycles. The van der Waals surface area contributed by atoms with E-state index < -0.39 is 10.0 Å². The van der Waals surface area contributed by atoms with Crippen LogP contribution in [0.25, 0.3) is 0 Å². The Morgan fingerprint density at radius 1 is 1.24 bits per heavy atom. The molecule has 10 heteroatoms. The van der Waals surface area contributed by atoms with Crippen molar-refractivity contribution in [1.29, 1.82) is 0 Å². The van der Waals surface area contributed by atoms with Gasteiger partial charge in [-0.2, -0.15) is 4.31 Å². The van der Waals surface area contributed by atoms with Crippen LogP contribution < -0.4 is 5.32 Å². The zero-order valence-corrected chi connectivity index (χ0v) is 15.5. The van der Waals surface area contributed by atoms with Gasteiger partial charge in [-0.3, -0.25) is 4.79 Å². The number of carbonyl (C=O) groups is 1. The van der Waals surface area contributed by atoms with E-state index >= 15 is 0 Å². The first-order valence-electron chi connectivity index (χ1n) is 8.39. The Hall–Kier alpha value is -1.49. The second kappa shape index (κ2) is 7.02. The quantitative estimate of drug-likeness (QED) is 0.763. The molecular weight excluding hydrogens is 348 g/mol. The molecule has 0 spiro atoms. The minimum absolute atomic E-state index is 0.0402. The van der Waals surface area contributed by atoms with E-state index in [0.29, 0.717) is 31.9 Å². The van der Waals surface area contributed by atoms with E-state index in [1.54, 1.807) is 18.7 Å². The minimum Gasteiger partial charge on any atom is -0.375 e. The molecule has 1 aromatic rings. The molecule has 0 unspecified atom stereocenters. The number of aryl methyl sites for hydroxylation is 2. The van der Waals surface area contributed by atoms with Gasteiger partial charge in [0.1, 0.15) is 16.6 Å². The highest BCUT2D eigenvalue weighted by atomic mass is 32.2. The van der Waals surface area contributed by atoms with Crippen LogP contribution in [0.1, 0.15) is 18.4 Å². The van der Waals surface area contributed by atoms with E-state index in [-0.39, 0.29) is 41.8 Å². The van der Waals surface area contributed by atoms with Crippen molar-refractivity contribution in [1.82, 2.24) is 19.7 Å². The fraction of sp³-hybridized carbons (Fsp3) is 0.733. The first-order chi connectivity index (χ1) is 11.8. The van der Waals surface area contributed by atoms with Gasteiger partial charge in [0, 0.05) is 32.7 Å². The number of amides is 1. The van der Waals surface area contributed by atoms with Gasteiger partial charge in [-0.05, 0) is 20.8 Å². The lowest BCUT2D eigenvalue weighted by Crippen LogP contribution is -2.60. The number of aromatic nitrogens is 1. The van der Waals surface area contributed by atoms with Crippen molar-refractivity contribution >= 4 is 15.9 Å². The molecule has 0 radical (unpaired) electrons. The molecule has 2 atom stereocenters. The summed E-state index contributed by atoms with van der Waals surface area (Å²) in [6.45, 7) is 7.50. The van der Waals surface area contributed by atoms with E-state index in [4.69, 9.17) is 9.26 Å². The number of morpholine rings is 1. The zero-order valence-electron chi connectivity index (χ0n) is 14.7. The van der Waals surface area contributed by atoms with E-state index in [2.05, 4.69) is 10.5 Å².